The van der Waals surface area contributed by atoms with Crippen LogP contribution in [0.15, 0.2) is 0 Å². The fourth-order valence-corrected chi connectivity index (χ4v) is 1.23. The molecule has 1 amide bonds. The van der Waals surface area contributed by atoms with Gasteiger partial charge in [-0.2, -0.15) is 0 Å². The van der Waals surface area contributed by atoms with E-state index in [1.54, 1.807) is 0 Å². The lowest BCUT2D eigenvalue weighted by molar-refractivity contribution is -0.118. The number of carbonyl (C=O) groups is 1. The van der Waals surface area contributed by atoms with Crippen LogP contribution in [-0.4, -0.2) is 10.7 Å². The Labute approximate surface area is 77.4 Å². The second-order valence-electron chi connectivity index (χ2n) is 2.10. The summed E-state index contributed by atoms with van der Waals surface area (Å²) in [6.07, 6.45) is 0. The van der Waals surface area contributed by atoms with E-state index in [1.807, 2.05) is 36.7 Å². The van der Waals surface area contributed by atoms with Crippen molar-refractivity contribution < 1.29 is 4.79 Å². The zero-order chi connectivity index (χ0) is 7.44. The normalized spacial score (nSPS) is 13.4. The van der Waals surface area contributed by atoms with E-state index in [9.17, 15) is 4.79 Å². The maximum Gasteiger partial charge on any atom is 0.242 e. The molecule has 2 nitrogen and oxygen atoms in total. The summed E-state index contributed by atoms with van der Waals surface area (Å²) in [5.41, 5.74) is 0. The highest BCUT2D eigenvalue weighted by Crippen LogP contribution is 2.11. The Balaban J connectivity index is 3.72. The van der Waals surface area contributed by atoms with E-state index in [-0.39, 0.29) is 10.7 Å². The lowest BCUT2D eigenvalue weighted by atomic mass is 10.1. The summed E-state index contributed by atoms with van der Waals surface area (Å²) in [5.74, 6) is 0.380. The van der Waals surface area contributed by atoms with Crippen LogP contribution in [0.5, 0.6) is 0 Å². The van der Waals surface area contributed by atoms with Crippen molar-refractivity contribution in [3.8, 4) is 0 Å². The highest BCUT2D eigenvalue weighted by Gasteiger charge is 2.16. The summed E-state index contributed by atoms with van der Waals surface area (Å²) in [4.78, 5) is 10.7. The first-order valence-electron chi connectivity index (χ1n) is 2.64. The Kier molecular flexibility index (Phi) is 4.83. The largest absolute Gasteiger partial charge is 0.298 e. The Morgan fingerprint density at radius 3 is 2.22 bits per heavy atom. The van der Waals surface area contributed by atoms with Gasteiger partial charge in [-0.1, -0.05) is 29.8 Å². The van der Waals surface area contributed by atoms with Gasteiger partial charge in [0.05, 0.1) is 27.7 Å². The lowest BCUT2D eigenvalue weighted by Gasteiger charge is -2.09. The molecular formula is C5H9BrINO. The van der Waals surface area contributed by atoms with Gasteiger partial charge in [-0.05, 0) is 5.92 Å². The Morgan fingerprint density at radius 1 is 1.67 bits per heavy atom. The quantitative estimate of drug-likeness (QED) is 0.471. The molecule has 0 rings (SSSR count). The van der Waals surface area contributed by atoms with Crippen LogP contribution in [0.3, 0.4) is 0 Å². The topological polar surface area (TPSA) is 29.1 Å². The predicted molar refractivity (Wildman–Crippen MR) is 49.7 cm³/mol. The summed E-state index contributed by atoms with van der Waals surface area (Å²) in [6, 6.07) is 0. The van der Waals surface area contributed by atoms with Crippen LogP contribution in [0.2, 0.25) is 0 Å². The molecule has 0 aliphatic heterocycles. The van der Waals surface area contributed by atoms with Crippen molar-refractivity contribution in [2.45, 2.75) is 18.7 Å². The fourth-order valence-electron chi connectivity index (χ4n) is 0.355. The van der Waals surface area contributed by atoms with Gasteiger partial charge in [0.15, 0.2) is 0 Å². The van der Waals surface area contributed by atoms with Crippen LogP contribution in [0.1, 0.15) is 13.8 Å². The molecule has 0 bridgehead atoms. The standard InChI is InChI=1S/C5H9BrINO/c1-3(2)4(6)5(9)8-7/h3-4H,1-2H3,(H,8,9)/t4-/m0/s1. The number of halogens is 2. The van der Waals surface area contributed by atoms with E-state index in [0.717, 1.165) is 0 Å². The molecule has 0 fully saturated rings. The molecule has 0 aliphatic rings. The molecule has 1 atom stereocenters. The fraction of sp³-hybridized carbons (Fsp3) is 0.800. The summed E-state index contributed by atoms with van der Waals surface area (Å²) in [5, 5.41) is 0. The van der Waals surface area contributed by atoms with Crippen LogP contribution in [0.4, 0.5) is 0 Å². The Hall–Kier alpha value is 0.680. The highest BCUT2D eigenvalue weighted by atomic mass is 127. The highest BCUT2D eigenvalue weighted by molar-refractivity contribution is 14.1. The molecular weight excluding hydrogens is 297 g/mol. The Morgan fingerprint density at radius 2 is 2.11 bits per heavy atom. The number of amides is 1. The van der Waals surface area contributed by atoms with Crippen molar-refractivity contribution in [2.75, 3.05) is 0 Å². The van der Waals surface area contributed by atoms with Crippen molar-refractivity contribution in [3.63, 3.8) is 0 Å². The van der Waals surface area contributed by atoms with E-state index in [4.69, 9.17) is 0 Å². The molecule has 0 aromatic carbocycles. The monoisotopic (exact) mass is 305 g/mol. The molecule has 54 valence electrons. The number of rotatable bonds is 2. The molecule has 0 heterocycles. The van der Waals surface area contributed by atoms with Crippen molar-refractivity contribution in [2.24, 2.45) is 5.92 Å². The molecule has 0 aliphatic carbocycles. The lowest BCUT2D eigenvalue weighted by Crippen LogP contribution is -2.27. The first kappa shape index (κ1) is 9.68. The van der Waals surface area contributed by atoms with Crippen LogP contribution in [0.25, 0.3) is 0 Å². The molecule has 9 heavy (non-hydrogen) atoms. The van der Waals surface area contributed by atoms with E-state index in [0.29, 0.717) is 5.92 Å². The third-order valence-corrected chi connectivity index (χ3v) is 2.93. The average Bonchev–Trinajstić information content (AvgIpc) is 1.84. The summed E-state index contributed by atoms with van der Waals surface area (Å²) >= 11 is 5.08. The molecule has 0 unspecified atom stereocenters. The van der Waals surface area contributed by atoms with E-state index in [1.165, 1.54) is 0 Å². The SMILES string of the molecule is CC(C)[C@H](Br)C(=O)NI. The van der Waals surface area contributed by atoms with Crippen LogP contribution in [0, 0.1) is 5.92 Å². The zero-order valence-electron chi connectivity index (χ0n) is 5.32. The van der Waals surface area contributed by atoms with E-state index in [2.05, 4.69) is 19.5 Å². The smallest absolute Gasteiger partial charge is 0.242 e. The average molecular weight is 306 g/mol. The van der Waals surface area contributed by atoms with Crippen LogP contribution >= 0.6 is 38.8 Å². The summed E-state index contributed by atoms with van der Waals surface area (Å²) in [6.45, 7) is 3.98. The second kappa shape index (κ2) is 4.49. The number of nitrogens with one attached hydrogen (secondary N) is 1. The van der Waals surface area contributed by atoms with Gasteiger partial charge in [-0.15, -0.1) is 0 Å². The molecule has 0 saturated carbocycles. The number of hydrogen-bond donors (Lipinski definition) is 1. The van der Waals surface area contributed by atoms with E-state index < -0.39 is 0 Å². The minimum Gasteiger partial charge on any atom is -0.298 e. The van der Waals surface area contributed by atoms with Crippen molar-refractivity contribution in [1.29, 1.82) is 0 Å². The van der Waals surface area contributed by atoms with Crippen LogP contribution < -0.4 is 3.53 Å². The molecule has 0 aromatic rings. The minimum atomic E-state index is -0.0607. The summed E-state index contributed by atoms with van der Waals surface area (Å²) in [7, 11) is 0. The maximum atomic E-state index is 10.8. The molecule has 1 N–H and O–H groups in total. The predicted octanol–water partition coefficient (Wildman–Crippen LogP) is 1.87. The third-order valence-electron chi connectivity index (χ3n) is 0.929. The van der Waals surface area contributed by atoms with Crippen molar-refractivity contribution in [1.82, 2.24) is 3.53 Å². The number of hydrogen-bond acceptors (Lipinski definition) is 1. The second-order valence-corrected chi connectivity index (χ2v) is 3.63. The summed E-state index contributed by atoms with van der Waals surface area (Å²) < 4.78 is 2.53. The number of carbonyl (C=O) groups excluding carboxylic acids is 1. The molecule has 4 heteroatoms. The van der Waals surface area contributed by atoms with Gasteiger partial charge in [0.1, 0.15) is 0 Å². The Bertz CT molecular complexity index is 107. The molecule has 0 saturated heterocycles. The molecule has 0 aromatic heterocycles. The maximum absolute atomic E-state index is 10.8. The zero-order valence-corrected chi connectivity index (χ0v) is 9.06. The van der Waals surface area contributed by atoms with E-state index >= 15 is 0 Å². The van der Waals surface area contributed by atoms with Gasteiger partial charge in [0.25, 0.3) is 0 Å². The van der Waals surface area contributed by atoms with Gasteiger partial charge < -0.3 is 0 Å². The number of alkyl halides is 1. The van der Waals surface area contributed by atoms with Gasteiger partial charge in [-0.25, -0.2) is 0 Å². The molecule has 0 radical (unpaired) electrons. The van der Waals surface area contributed by atoms with Gasteiger partial charge in [0.2, 0.25) is 5.91 Å². The first-order chi connectivity index (χ1) is 4.09. The molecule has 0 spiro atoms. The van der Waals surface area contributed by atoms with Crippen molar-refractivity contribution in [3.05, 3.63) is 0 Å². The minimum absolute atomic E-state index is 0.0330. The van der Waals surface area contributed by atoms with Gasteiger partial charge >= 0.3 is 0 Å². The van der Waals surface area contributed by atoms with Crippen molar-refractivity contribution >= 4 is 44.7 Å². The van der Waals surface area contributed by atoms with Gasteiger partial charge in [0, 0.05) is 0 Å². The first-order valence-corrected chi connectivity index (χ1v) is 4.63. The van der Waals surface area contributed by atoms with Gasteiger partial charge in [-0.3, -0.25) is 8.32 Å². The van der Waals surface area contributed by atoms with Crippen LogP contribution in [-0.2, 0) is 4.79 Å². The third kappa shape index (κ3) is 3.40.